The third kappa shape index (κ3) is 3.49. The van der Waals surface area contributed by atoms with Gasteiger partial charge in [0.1, 0.15) is 5.76 Å². The molecule has 1 aromatic carbocycles. The van der Waals surface area contributed by atoms with Crippen molar-refractivity contribution < 1.29 is 18.6 Å². The van der Waals surface area contributed by atoms with Crippen molar-refractivity contribution >= 4 is 0 Å². The van der Waals surface area contributed by atoms with Crippen LogP contribution >= 0.6 is 0 Å². The van der Waals surface area contributed by atoms with Gasteiger partial charge in [0.15, 0.2) is 11.5 Å². The Bertz CT molecular complexity index is 566. The molecule has 0 atom stereocenters. The molecule has 5 nitrogen and oxygen atoms in total. The number of rotatable bonds is 7. The molecule has 1 aromatic heterocycles. The SMILES string of the molecule is COc1ccc(CN(C)Cc2ccco2)c(OC)c1OC. The van der Waals surface area contributed by atoms with Gasteiger partial charge in [0.25, 0.3) is 0 Å². The van der Waals surface area contributed by atoms with Crippen LogP contribution in [0.25, 0.3) is 0 Å². The largest absolute Gasteiger partial charge is 0.493 e. The summed E-state index contributed by atoms with van der Waals surface area (Å²) >= 11 is 0. The van der Waals surface area contributed by atoms with E-state index in [1.807, 2.05) is 31.3 Å². The van der Waals surface area contributed by atoms with Gasteiger partial charge in [-0.1, -0.05) is 6.07 Å². The van der Waals surface area contributed by atoms with Gasteiger partial charge in [-0.2, -0.15) is 0 Å². The van der Waals surface area contributed by atoms with Crippen molar-refractivity contribution in [3.8, 4) is 17.2 Å². The predicted octanol–water partition coefficient (Wildman–Crippen LogP) is 2.94. The van der Waals surface area contributed by atoms with Crippen LogP contribution in [0.1, 0.15) is 11.3 Å². The van der Waals surface area contributed by atoms with E-state index < -0.39 is 0 Å². The van der Waals surface area contributed by atoms with Gasteiger partial charge in [0, 0.05) is 12.1 Å². The summed E-state index contributed by atoms with van der Waals surface area (Å²) in [4.78, 5) is 2.14. The van der Waals surface area contributed by atoms with Crippen molar-refractivity contribution in [3.63, 3.8) is 0 Å². The fraction of sp³-hybridized carbons (Fsp3) is 0.375. The summed E-state index contributed by atoms with van der Waals surface area (Å²) in [6.45, 7) is 1.44. The highest BCUT2D eigenvalue weighted by Gasteiger charge is 2.17. The second kappa shape index (κ2) is 7.04. The maximum absolute atomic E-state index is 5.49. The first-order valence-electron chi connectivity index (χ1n) is 6.68. The van der Waals surface area contributed by atoms with Crippen LogP contribution in [0.5, 0.6) is 17.2 Å². The molecular weight excluding hydrogens is 270 g/mol. The first-order valence-corrected chi connectivity index (χ1v) is 6.68. The minimum Gasteiger partial charge on any atom is -0.493 e. The zero-order valence-corrected chi connectivity index (χ0v) is 12.9. The minimum absolute atomic E-state index is 0.615. The summed E-state index contributed by atoms with van der Waals surface area (Å²) in [5.74, 6) is 2.90. The monoisotopic (exact) mass is 291 g/mol. The molecule has 0 aliphatic carbocycles. The van der Waals surface area contributed by atoms with Gasteiger partial charge in [0.2, 0.25) is 5.75 Å². The van der Waals surface area contributed by atoms with Crippen LogP contribution in [0, 0.1) is 0 Å². The van der Waals surface area contributed by atoms with Gasteiger partial charge >= 0.3 is 0 Å². The fourth-order valence-electron chi connectivity index (χ4n) is 2.30. The van der Waals surface area contributed by atoms with Gasteiger partial charge in [-0.3, -0.25) is 4.90 Å². The van der Waals surface area contributed by atoms with Crippen LogP contribution in [0.3, 0.4) is 0 Å². The number of benzene rings is 1. The number of furan rings is 1. The van der Waals surface area contributed by atoms with Crippen molar-refractivity contribution in [2.45, 2.75) is 13.1 Å². The molecule has 0 bridgehead atoms. The van der Waals surface area contributed by atoms with E-state index in [2.05, 4.69) is 4.90 Å². The molecule has 0 N–H and O–H groups in total. The number of hydrogen-bond donors (Lipinski definition) is 0. The third-order valence-electron chi connectivity index (χ3n) is 3.23. The Morgan fingerprint density at radius 3 is 2.29 bits per heavy atom. The van der Waals surface area contributed by atoms with Crippen LogP contribution in [-0.2, 0) is 13.1 Å². The van der Waals surface area contributed by atoms with Crippen LogP contribution in [-0.4, -0.2) is 33.3 Å². The van der Waals surface area contributed by atoms with Crippen LogP contribution < -0.4 is 14.2 Å². The van der Waals surface area contributed by atoms with Gasteiger partial charge in [-0.05, 0) is 25.2 Å². The lowest BCUT2D eigenvalue weighted by Crippen LogP contribution is -2.17. The highest BCUT2D eigenvalue weighted by molar-refractivity contribution is 5.55. The molecule has 2 rings (SSSR count). The van der Waals surface area contributed by atoms with Gasteiger partial charge < -0.3 is 18.6 Å². The Morgan fingerprint density at radius 2 is 1.71 bits per heavy atom. The summed E-state index contributed by atoms with van der Waals surface area (Å²) in [6, 6.07) is 7.72. The molecule has 1 heterocycles. The first kappa shape index (κ1) is 15.3. The lowest BCUT2D eigenvalue weighted by atomic mass is 10.1. The molecule has 0 saturated carbocycles. The number of ether oxygens (including phenoxy) is 3. The second-order valence-electron chi connectivity index (χ2n) is 4.75. The fourth-order valence-corrected chi connectivity index (χ4v) is 2.30. The molecule has 21 heavy (non-hydrogen) atoms. The van der Waals surface area contributed by atoms with Crippen molar-refractivity contribution in [2.24, 2.45) is 0 Å². The topological polar surface area (TPSA) is 44.1 Å². The zero-order chi connectivity index (χ0) is 15.2. The molecule has 0 spiro atoms. The van der Waals surface area contributed by atoms with Crippen molar-refractivity contribution in [1.82, 2.24) is 4.90 Å². The summed E-state index contributed by atoms with van der Waals surface area (Å²) in [6.07, 6.45) is 1.68. The summed E-state index contributed by atoms with van der Waals surface area (Å²) in [5.41, 5.74) is 1.03. The molecule has 0 aliphatic heterocycles. The Kier molecular flexibility index (Phi) is 5.11. The Labute approximate surface area is 125 Å². The van der Waals surface area contributed by atoms with E-state index in [9.17, 15) is 0 Å². The Morgan fingerprint density at radius 1 is 0.952 bits per heavy atom. The van der Waals surface area contributed by atoms with E-state index in [0.29, 0.717) is 23.8 Å². The quantitative estimate of drug-likeness (QED) is 0.784. The van der Waals surface area contributed by atoms with Crippen molar-refractivity contribution in [3.05, 3.63) is 41.9 Å². The Balaban J connectivity index is 2.19. The normalized spacial score (nSPS) is 10.7. The first-order chi connectivity index (χ1) is 10.2. The smallest absolute Gasteiger partial charge is 0.203 e. The molecule has 0 unspecified atom stereocenters. The minimum atomic E-state index is 0.615. The van der Waals surface area contributed by atoms with E-state index >= 15 is 0 Å². The molecular formula is C16H21NO4. The van der Waals surface area contributed by atoms with Gasteiger partial charge in [0.05, 0.1) is 34.1 Å². The molecule has 0 aliphatic rings. The van der Waals surface area contributed by atoms with Crippen molar-refractivity contribution in [1.29, 1.82) is 0 Å². The van der Waals surface area contributed by atoms with E-state index in [4.69, 9.17) is 18.6 Å². The summed E-state index contributed by atoms with van der Waals surface area (Å²) < 4.78 is 21.5. The highest BCUT2D eigenvalue weighted by Crippen LogP contribution is 2.40. The van der Waals surface area contributed by atoms with E-state index in [1.54, 1.807) is 27.6 Å². The van der Waals surface area contributed by atoms with E-state index in [0.717, 1.165) is 17.9 Å². The van der Waals surface area contributed by atoms with E-state index in [-0.39, 0.29) is 0 Å². The van der Waals surface area contributed by atoms with Gasteiger partial charge in [-0.15, -0.1) is 0 Å². The van der Waals surface area contributed by atoms with E-state index in [1.165, 1.54) is 0 Å². The zero-order valence-electron chi connectivity index (χ0n) is 12.9. The van der Waals surface area contributed by atoms with Crippen LogP contribution in [0.2, 0.25) is 0 Å². The average Bonchev–Trinajstić information content (AvgIpc) is 2.99. The van der Waals surface area contributed by atoms with Crippen LogP contribution in [0.4, 0.5) is 0 Å². The van der Waals surface area contributed by atoms with Crippen LogP contribution in [0.15, 0.2) is 34.9 Å². The number of methoxy groups -OCH3 is 3. The molecule has 0 radical (unpaired) electrons. The van der Waals surface area contributed by atoms with Gasteiger partial charge in [-0.25, -0.2) is 0 Å². The molecule has 0 fully saturated rings. The molecule has 5 heteroatoms. The summed E-state index contributed by atoms with van der Waals surface area (Å²) in [5, 5.41) is 0. The highest BCUT2D eigenvalue weighted by atomic mass is 16.5. The van der Waals surface area contributed by atoms with Crippen molar-refractivity contribution in [2.75, 3.05) is 28.4 Å². The average molecular weight is 291 g/mol. The standard InChI is InChI=1S/C16H21NO4/c1-17(11-13-6-5-9-21-13)10-12-7-8-14(18-2)16(20-4)15(12)19-3/h5-9H,10-11H2,1-4H3. The lowest BCUT2D eigenvalue weighted by Gasteiger charge is -2.20. The Hall–Kier alpha value is -2.14. The molecule has 114 valence electrons. The third-order valence-corrected chi connectivity index (χ3v) is 3.23. The maximum atomic E-state index is 5.49. The molecule has 2 aromatic rings. The number of nitrogens with zero attached hydrogens (tertiary/aromatic N) is 1. The predicted molar refractivity (Wildman–Crippen MR) is 80.0 cm³/mol. The summed E-state index contributed by atoms with van der Waals surface area (Å²) in [7, 11) is 6.88. The second-order valence-corrected chi connectivity index (χ2v) is 4.75. The number of hydrogen-bond acceptors (Lipinski definition) is 5. The molecule has 0 saturated heterocycles. The molecule has 0 amide bonds. The maximum Gasteiger partial charge on any atom is 0.203 e. The lowest BCUT2D eigenvalue weighted by molar-refractivity contribution is 0.277.